The zero-order valence-corrected chi connectivity index (χ0v) is 14.9. The number of unbranched alkanes of at least 4 members (excludes halogenated alkanes) is 1. The summed E-state index contributed by atoms with van der Waals surface area (Å²) in [7, 11) is 0. The van der Waals surface area contributed by atoms with Gasteiger partial charge in [0.1, 0.15) is 0 Å². The molecule has 0 unspecified atom stereocenters. The SMILES string of the molecule is O=C(CCCCc1nc2ccccc2s1)Nc1ccncc1Br. The van der Waals surface area contributed by atoms with Gasteiger partial charge in [0, 0.05) is 18.8 Å². The summed E-state index contributed by atoms with van der Waals surface area (Å²) in [6, 6.07) is 9.95. The Morgan fingerprint density at radius 2 is 2.09 bits per heavy atom. The van der Waals surface area contributed by atoms with Crippen LogP contribution in [0.5, 0.6) is 0 Å². The quantitative estimate of drug-likeness (QED) is 0.615. The highest BCUT2D eigenvalue weighted by molar-refractivity contribution is 9.10. The maximum Gasteiger partial charge on any atom is 0.224 e. The van der Waals surface area contributed by atoms with E-state index in [1.807, 2.05) is 18.2 Å². The molecular formula is C17H16BrN3OS. The molecule has 3 aromatic rings. The van der Waals surface area contributed by atoms with Crippen LogP contribution in [0, 0.1) is 0 Å². The molecule has 1 aromatic carbocycles. The number of halogens is 1. The molecule has 0 aliphatic rings. The van der Waals surface area contributed by atoms with Crippen LogP contribution >= 0.6 is 27.3 Å². The van der Waals surface area contributed by atoms with Gasteiger partial charge in [-0.25, -0.2) is 4.98 Å². The number of hydrogen-bond acceptors (Lipinski definition) is 4. The molecule has 0 bridgehead atoms. The normalized spacial score (nSPS) is 10.8. The molecule has 3 rings (SSSR count). The van der Waals surface area contributed by atoms with Crippen LogP contribution in [0.25, 0.3) is 10.2 Å². The summed E-state index contributed by atoms with van der Waals surface area (Å²) in [5, 5.41) is 4.03. The zero-order chi connectivity index (χ0) is 16.1. The first-order valence-corrected chi connectivity index (χ1v) is 9.07. The molecule has 1 amide bonds. The van der Waals surface area contributed by atoms with Crippen LogP contribution in [0.4, 0.5) is 5.69 Å². The van der Waals surface area contributed by atoms with E-state index < -0.39 is 0 Å². The van der Waals surface area contributed by atoms with E-state index >= 15 is 0 Å². The average molecular weight is 390 g/mol. The fraction of sp³-hybridized carbons (Fsp3) is 0.235. The highest BCUT2D eigenvalue weighted by Gasteiger charge is 2.06. The Hall–Kier alpha value is -1.79. The van der Waals surface area contributed by atoms with Gasteiger partial charge in [-0.05, 0) is 53.4 Å². The van der Waals surface area contributed by atoms with Crippen molar-refractivity contribution in [2.75, 3.05) is 5.32 Å². The molecule has 0 radical (unpaired) electrons. The summed E-state index contributed by atoms with van der Waals surface area (Å²) < 4.78 is 2.02. The van der Waals surface area contributed by atoms with Crippen molar-refractivity contribution < 1.29 is 4.79 Å². The van der Waals surface area contributed by atoms with Crippen LogP contribution in [0.15, 0.2) is 47.2 Å². The molecule has 0 atom stereocenters. The highest BCUT2D eigenvalue weighted by atomic mass is 79.9. The lowest BCUT2D eigenvalue weighted by molar-refractivity contribution is -0.116. The first kappa shape index (κ1) is 16.1. The van der Waals surface area contributed by atoms with E-state index in [4.69, 9.17) is 0 Å². The lowest BCUT2D eigenvalue weighted by Gasteiger charge is -2.06. The van der Waals surface area contributed by atoms with Gasteiger partial charge in [0.25, 0.3) is 0 Å². The summed E-state index contributed by atoms with van der Waals surface area (Å²) >= 11 is 5.11. The van der Waals surface area contributed by atoms with Crippen LogP contribution in [0.2, 0.25) is 0 Å². The predicted molar refractivity (Wildman–Crippen MR) is 97.7 cm³/mol. The topological polar surface area (TPSA) is 54.9 Å². The van der Waals surface area contributed by atoms with E-state index in [1.165, 1.54) is 4.70 Å². The highest BCUT2D eigenvalue weighted by Crippen LogP contribution is 2.23. The van der Waals surface area contributed by atoms with Crippen molar-refractivity contribution in [3.63, 3.8) is 0 Å². The molecule has 6 heteroatoms. The Kier molecular flexibility index (Phi) is 5.35. The number of amides is 1. The third-order valence-corrected chi connectivity index (χ3v) is 5.16. The number of nitrogens with zero attached hydrogens (tertiary/aromatic N) is 2. The number of rotatable bonds is 6. The summed E-state index contributed by atoms with van der Waals surface area (Å²) in [5.74, 6) is 0.0289. The molecule has 118 valence electrons. The monoisotopic (exact) mass is 389 g/mol. The number of thiazole rings is 1. The fourth-order valence-electron chi connectivity index (χ4n) is 2.28. The van der Waals surface area contributed by atoms with E-state index in [-0.39, 0.29) is 5.91 Å². The Bertz CT molecular complexity index is 785. The van der Waals surface area contributed by atoms with Crippen LogP contribution in [0.1, 0.15) is 24.3 Å². The van der Waals surface area contributed by atoms with Crippen molar-refractivity contribution in [2.45, 2.75) is 25.7 Å². The molecular weight excluding hydrogens is 374 g/mol. The number of fused-ring (bicyclic) bond motifs is 1. The van der Waals surface area contributed by atoms with E-state index in [1.54, 1.807) is 29.8 Å². The predicted octanol–water partition coefficient (Wildman–Crippen LogP) is 4.81. The number of carbonyl (C=O) groups excluding carboxylic acids is 1. The molecule has 23 heavy (non-hydrogen) atoms. The Morgan fingerprint density at radius 1 is 1.22 bits per heavy atom. The minimum Gasteiger partial charge on any atom is -0.325 e. The van der Waals surface area contributed by atoms with Gasteiger partial charge < -0.3 is 5.32 Å². The molecule has 0 saturated heterocycles. The Morgan fingerprint density at radius 3 is 2.91 bits per heavy atom. The molecule has 0 aliphatic heterocycles. The van der Waals surface area contributed by atoms with Crippen molar-refractivity contribution in [3.8, 4) is 0 Å². The van der Waals surface area contributed by atoms with Crippen molar-refractivity contribution in [3.05, 3.63) is 52.2 Å². The standard InChI is InChI=1S/C17H16BrN3OS/c18-12-11-19-10-9-13(12)20-16(22)7-3-4-8-17-21-14-5-1-2-6-15(14)23-17/h1-2,5-6,9-11H,3-4,7-8H2,(H,19,20,22). The minimum atomic E-state index is 0.0289. The number of carbonyl (C=O) groups is 1. The van der Waals surface area contributed by atoms with Crippen molar-refractivity contribution in [1.82, 2.24) is 9.97 Å². The summed E-state index contributed by atoms with van der Waals surface area (Å²) in [6.45, 7) is 0. The zero-order valence-electron chi connectivity index (χ0n) is 12.5. The van der Waals surface area contributed by atoms with Gasteiger partial charge in [0.05, 0.1) is 25.4 Å². The van der Waals surface area contributed by atoms with Crippen molar-refractivity contribution in [1.29, 1.82) is 0 Å². The molecule has 4 nitrogen and oxygen atoms in total. The van der Waals surface area contributed by atoms with Crippen LogP contribution in [-0.4, -0.2) is 15.9 Å². The number of aryl methyl sites for hydroxylation is 1. The molecule has 0 saturated carbocycles. The van der Waals surface area contributed by atoms with E-state index in [9.17, 15) is 4.79 Å². The molecule has 1 N–H and O–H groups in total. The van der Waals surface area contributed by atoms with Gasteiger partial charge in [0.15, 0.2) is 0 Å². The van der Waals surface area contributed by atoms with E-state index in [0.717, 1.165) is 39.9 Å². The third kappa shape index (κ3) is 4.36. The number of anilines is 1. The second-order valence-electron chi connectivity index (χ2n) is 5.19. The fourth-order valence-corrected chi connectivity index (χ4v) is 3.64. The molecule has 0 fully saturated rings. The average Bonchev–Trinajstić information content (AvgIpc) is 2.96. The Labute approximate surface area is 147 Å². The number of nitrogens with one attached hydrogen (secondary N) is 1. The lowest BCUT2D eigenvalue weighted by Crippen LogP contribution is -2.11. The van der Waals surface area contributed by atoms with Gasteiger partial charge in [-0.3, -0.25) is 9.78 Å². The van der Waals surface area contributed by atoms with Gasteiger partial charge >= 0.3 is 0 Å². The number of hydrogen-bond donors (Lipinski definition) is 1. The van der Waals surface area contributed by atoms with Gasteiger partial charge in [0.2, 0.25) is 5.91 Å². The van der Waals surface area contributed by atoms with Crippen LogP contribution in [0.3, 0.4) is 0 Å². The number of benzene rings is 1. The summed E-state index contributed by atoms with van der Waals surface area (Å²) in [6.07, 6.45) is 6.58. The molecule has 0 spiro atoms. The maximum absolute atomic E-state index is 12.0. The number of pyridine rings is 1. The second kappa shape index (κ2) is 7.66. The van der Waals surface area contributed by atoms with E-state index in [0.29, 0.717) is 6.42 Å². The van der Waals surface area contributed by atoms with Crippen LogP contribution < -0.4 is 5.32 Å². The second-order valence-corrected chi connectivity index (χ2v) is 7.16. The van der Waals surface area contributed by atoms with Crippen molar-refractivity contribution >= 4 is 49.1 Å². The van der Waals surface area contributed by atoms with Gasteiger partial charge in [-0.2, -0.15) is 0 Å². The molecule has 2 heterocycles. The van der Waals surface area contributed by atoms with E-state index in [2.05, 4.69) is 37.3 Å². The number of aromatic nitrogens is 2. The third-order valence-electron chi connectivity index (χ3n) is 3.43. The molecule has 2 aromatic heterocycles. The smallest absolute Gasteiger partial charge is 0.224 e. The first-order valence-electron chi connectivity index (χ1n) is 7.46. The minimum absolute atomic E-state index is 0.0289. The lowest BCUT2D eigenvalue weighted by atomic mass is 10.2. The maximum atomic E-state index is 12.0. The van der Waals surface area contributed by atoms with Gasteiger partial charge in [-0.15, -0.1) is 11.3 Å². The summed E-state index contributed by atoms with van der Waals surface area (Å²) in [4.78, 5) is 20.5. The Balaban J connectivity index is 1.44. The summed E-state index contributed by atoms with van der Waals surface area (Å²) in [5.41, 5.74) is 1.82. The van der Waals surface area contributed by atoms with Gasteiger partial charge in [-0.1, -0.05) is 12.1 Å². The molecule has 0 aliphatic carbocycles. The first-order chi connectivity index (χ1) is 11.2. The largest absolute Gasteiger partial charge is 0.325 e. The number of para-hydroxylation sites is 1. The van der Waals surface area contributed by atoms with Crippen LogP contribution in [-0.2, 0) is 11.2 Å². The van der Waals surface area contributed by atoms with Crippen molar-refractivity contribution in [2.24, 2.45) is 0 Å².